The molecule has 0 aromatic heterocycles. The second-order valence-electron chi connectivity index (χ2n) is 12.6. The van der Waals surface area contributed by atoms with E-state index in [1.165, 1.54) is 49.7 Å². The number of hydrogen-bond acceptors (Lipinski definition) is 4. The molecular formula is C34H50O4. The number of aryl methyl sites for hydroxylation is 2. The highest BCUT2D eigenvalue weighted by Crippen LogP contribution is 2.33. The lowest BCUT2D eigenvalue weighted by atomic mass is 9.84. The zero-order valence-corrected chi connectivity index (χ0v) is 25.2. The number of rotatable bonds is 15. The van der Waals surface area contributed by atoms with E-state index in [9.17, 15) is 9.59 Å². The fourth-order valence-electron chi connectivity index (χ4n) is 5.03. The molecule has 2 aromatic carbocycles. The lowest BCUT2D eigenvalue weighted by molar-refractivity contribution is 0.111. The molecular weight excluding hydrogens is 472 g/mol. The Morgan fingerprint density at radius 3 is 1.13 bits per heavy atom. The molecule has 0 atom stereocenters. The topological polar surface area (TPSA) is 52.6 Å². The molecule has 38 heavy (non-hydrogen) atoms. The third kappa shape index (κ3) is 8.99. The number of unbranched alkanes of at least 4 members (excludes halogenated alkanes) is 7. The second-order valence-corrected chi connectivity index (χ2v) is 12.6. The fourth-order valence-corrected chi connectivity index (χ4v) is 5.03. The van der Waals surface area contributed by atoms with Crippen LogP contribution in [0.2, 0.25) is 0 Å². The molecule has 2 aromatic rings. The van der Waals surface area contributed by atoms with Gasteiger partial charge < -0.3 is 9.47 Å². The molecule has 0 amide bonds. The summed E-state index contributed by atoms with van der Waals surface area (Å²) in [6.07, 6.45) is 13.2. The summed E-state index contributed by atoms with van der Waals surface area (Å²) in [5.41, 5.74) is 5.95. The third-order valence-electron chi connectivity index (χ3n) is 7.43. The minimum absolute atomic E-state index is 0.00389. The van der Waals surface area contributed by atoms with Crippen molar-refractivity contribution in [3.05, 3.63) is 57.6 Å². The predicted molar refractivity (Wildman–Crippen MR) is 159 cm³/mol. The molecule has 0 aliphatic rings. The lowest BCUT2D eigenvalue weighted by Gasteiger charge is -2.22. The molecule has 210 valence electrons. The molecule has 4 nitrogen and oxygen atoms in total. The van der Waals surface area contributed by atoms with Crippen molar-refractivity contribution in [1.82, 2.24) is 0 Å². The molecule has 0 aliphatic heterocycles. The first-order valence-corrected chi connectivity index (χ1v) is 14.3. The van der Waals surface area contributed by atoms with E-state index in [4.69, 9.17) is 9.47 Å². The predicted octanol–water partition coefficient (Wildman–Crippen LogP) is 8.83. The largest absolute Gasteiger partial charge is 0.496 e. The minimum Gasteiger partial charge on any atom is -0.496 e. The van der Waals surface area contributed by atoms with Gasteiger partial charge in [0.15, 0.2) is 12.6 Å². The van der Waals surface area contributed by atoms with Crippen molar-refractivity contribution in [2.24, 2.45) is 0 Å². The van der Waals surface area contributed by atoms with Crippen molar-refractivity contribution in [2.75, 3.05) is 14.2 Å². The summed E-state index contributed by atoms with van der Waals surface area (Å²) >= 11 is 0. The average Bonchev–Trinajstić information content (AvgIpc) is 2.87. The van der Waals surface area contributed by atoms with Crippen LogP contribution in [-0.2, 0) is 23.7 Å². The zero-order valence-electron chi connectivity index (χ0n) is 25.2. The number of benzene rings is 2. The van der Waals surface area contributed by atoms with E-state index in [1.54, 1.807) is 14.2 Å². The average molecular weight is 523 g/mol. The standard InChI is InChI=1S/C34H50O4/c1-33(2,3)29-19-25(31(37-7)27(21-29)23-35)17-15-13-11-9-10-12-14-16-18-26-20-30(34(4,5)6)22-28(24-36)32(26)38-8/h19-24H,9-18H2,1-8H3. The molecule has 2 rings (SSSR count). The maximum absolute atomic E-state index is 11.6. The minimum atomic E-state index is -0.00389. The Morgan fingerprint density at radius 1 is 0.553 bits per heavy atom. The van der Waals surface area contributed by atoms with Gasteiger partial charge in [-0.2, -0.15) is 0 Å². The third-order valence-corrected chi connectivity index (χ3v) is 7.43. The van der Waals surface area contributed by atoms with Gasteiger partial charge in [-0.3, -0.25) is 9.59 Å². The van der Waals surface area contributed by atoms with Crippen LogP contribution in [0.3, 0.4) is 0 Å². The molecule has 0 N–H and O–H groups in total. The van der Waals surface area contributed by atoms with Crippen LogP contribution in [0.1, 0.15) is 136 Å². The van der Waals surface area contributed by atoms with Crippen molar-refractivity contribution in [3.8, 4) is 11.5 Å². The first-order valence-electron chi connectivity index (χ1n) is 14.3. The van der Waals surface area contributed by atoms with E-state index >= 15 is 0 Å². The van der Waals surface area contributed by atoms with Gasteiger partial charge in [-0.05, 0) is 70.9 Å². The van der Waals surface area contributed by atoms with Gasteiger partial charge in [0.2, 0.25) is 0 Å². The first kappa shape index (κ1) is 31.6. The maximum Gasteiger partial charge on any atom is 0.153 e. The second kappa shape index (κ2) is 14.5. The maximum atomic E-state index is 11.6. The van der Waals surface area contributed by atoms with E-state index in [1.807, 2.05) is 12.1 Å². The van der Waals surface area contributed by atoms with Gasteiger partial charge in [-0.25, -0.2) is 0 Å². The van der Waals surface area contributed by atoms with E-state index in [0.717, 1.165) is 60.9 Å². The summed E-state index contributed by atoms with van der Waals surface area (Å²) in [5, 5.41) is 0. The van der Waals surface area contributed by atoms with Crippen molar-refractivity contribution in [1.29, 1.82) is 0 Å². The van der Waals surface area contributed by atoms with E-state index < -0.39 is 0 Å². The van der Waals surface area contributed by atoms with Crippen LogP contribution in [-0.4, -0.2) is 26.8 Å². The monoisotopic (exact) mass is 522 g/mol. The summed E-state index contributed by atoms with van der Waals surface area (Å²) in [5.74, 6) is 1.47. The van der Waals surface area contributed by atoms with Crippen LogP contribution in [0.4, 0.5) is 0 Å². The quantitative estimate of drug-likeness (QED) is 0.173. The first-order chi connectivity index (χ1) is 18.0. The van der Waals surface area contributed by atoms with Gasteiger partial charge >= 0.3 is 0 Å². The van der Waals surface area contributed by atoms with Crippen LogP contribution < -0.4 is 9.47 Å². The van der Waals surface area contributed by atoms with Gasteiger partial charge in [0.25, 0.3) is 0 Å². The molecule has 4 heteroatoms. The fraction of sp³-hybridized carbons (Fsp3) is 0.588. The highest BCUT2D eigenvalue weighted by Gasteiger charge is 2.20. The van der Waals surface area contributed by atoms with Crippen LogP contribution >= 0.6 is 0 Å². The Morgan fingerprint density at radius 2 is 0.868 bits per heavy atom. The van der Waals surface area contributed by atoms with Crippen LogP contribution in [0.25, 0.3) is 0 Å². The number of ether oxygens (including phenoxy) is 2. The number of carbonyl (C=O) groups is 2. The van der Waals surface area contributed by atoms with Crippen molar-refractivity contribution >= 4 is 12.6 Å². The van der Waals surface area contributed by atoms with E-state index in [2.05, 4.69) is 53.7 Å². The summed E-state index contributed by atoms with van der Waals surface area (Å²) in [4.78, 5) is 23.3. The molecule has 0 saturated heterocycles. The normalized spacial score (nSPS) is 11.9. The van der Waals surface area contributed by atoms with Gasteiger partial charge in [-0.15, -0.1) is 0 Å². The number of methoxy groups -OCH3 is 2. The van der Waals surface area contributed by atoms with Crippen LogP contribution in [0.15, 0.2) is 24.3 Å². The van der Waals surface area contributed by atoms with Gasteiger partial charge in [0, 0.05) is 0 Å². The zero-order chi connectivity index (χ0) is 28.3. The molecule has 0 radical (unpaired) electrons. The van der Waals surface area contributed by atoms with Crippen molar-refractivity contribution in [2.45, 2.75) is 117 Å². The van der Waals surface area contributed by atoms with Crippen molar-refractivity contribution in [3.63, 3.8) is 0 Å². The molecule has 0 aliphatic carbocycles. The molecule has 0 spiro atoms. The Labute approximate surface area is 231 Å². The Kier molecular flexibility index (Phi) is 12.1. The van der Waals surface area contributed by atoms with Crippen molar-refractivity contribution < 1.29 is 19.1 Å². The smallest absolute Gasteiger partial charge is 0.153 e. The SMILES string of the molecule is COc1c(C=O)cc(C(C)(C)C)cc1CCCCCCCCCCc1cc(C(C)(C)C)cc(C=O)c1OC. The van der Waals surface area contributed by atoms with Crippen LogP contribution in [0, 0.1) is 0 Å². The molecule has 0 heterocycles. The highest BCUT2D eigenvalue weighted by molar-refractivity contribution is 5.81. The van der Waals surface area contributed by atoms with Crippen LogP contribution in [0.5, 0.6) is 11.5 Å². The van der Waals surface area contributed by atoms with E-state index in [-0.39, 0.29) is 10.8 Å². The Bertz CT molecular complexity index is 968. The Hall–Kier alpha value is -2.62. The molecule has 0 bridgehead atoms. The summed E-state index contributed by atoms with van der Waals surface area (Å²) in [6.45, 7) is 13.1. The summed E-state index contributed by atoms with van der Waals surface area (Å²) < 4.78 is 11.2. The lowest BCUT2D eigenvalue weighted by Crippen LogP contribution is -2.13. The van der Waals surface area contributed by atoms with Gasteiger partial charge in [0.05, 0.1) is 25.3 Å². The van der Waals surface area contributed by atoms with E-state index in [0.29, 0.717) is 11.1 Å². The number of carbonyl (C=O) groups excluding carboxylic acids is 2. The number of aldehydes is 2. The van der Waals surface area contributed by atoms with Gasteiger partial charge in [0.1, 0.15) is 11.5 Å². The molecule has 0 saturated carbocycles. The summed E-state index contributed by atoms with van der Waals surface area (Å²) in [7, 11) is 3.31. The Balaban J connectivity index is 1.77. The molecule has 0 unspecified atom stereocenters. The summed E-state index contributed by atoms with van der Waals surface area (Å²) in [6, 6.07) is 8.37. The highest BCUT2D eigenvalue weighted by atomic mass is 16.5. The number of hydrogen-bond donors (Lipinski definition) is 0. The molecule has 0 fully saturated rings. The van der Waals surface area contributed by atoms with Gasteiger partial charge in [-0.1, -0.05) is 92.2 Å².